The Hall–Kier alpha value is -1.72. The van der Waals surface area contributed by atoms with Gasteiger partial charge in [0, 0.05) is 21.5 Å². The molecule has 1 aliphatic heterocycles. The third-order valence-corrected chi connectivity index (χ3v) is 9.01. The minimum absolute atomic E-state index is 0.180. The van der Waals surface area contributed by atoms with Gasteiger partial charge in [-0.25, -0.2) is 0 Å². The van der Waals surface area contributed by atoms with E-state index in [-0.39, 0.29) is 18.0 Å². The first-order valence-corrected chi connectivity index (χ1v) is 15.6. The van der Waals surface area contributed by atoms with Crippen LogP contribution in [0, 0.1) is 0 Å². The normalized spacial score (nSPS) is 20.5. The van der Waals surface area contributed by atoms with E-state index < -0.39 is 13.7 Å². The maximum absolute atomic E-state index is 13.7. The molecule has 5 nitrogen and oxygen atoms in total. The average molecular weight is 598 g/mol. The van der Waals surface area contributed by atoms with Crippen molar-refractivity contribution in [1.82, 2.24) is 0 Å². The van der Waals surface area contributed by atoms with Gasteiger partial charge in [-0.15, -0.1) is 0 Å². The van der Waals surface area contributed by atoms with Crippen molar-refractivity contribution in [2.75, 3.05) is 13.0 Å². The van der Waals surface area contributed by atoms with Gasteiger partial charge in [-0.2, -0.15) is 0 Å². The maximum atomic E-state index is 13.7. The zero-order valence-electron chi connectivity index (χ0n) is 21.5. The molecule has 0 radical (unpaired) electrons. The van der Waals surface area contributed by atoms with Gasteiger partial charge in [-0.1, -0.05) is 85.8 Å². The molecule has 0 amide bonds. The molecule has 0 bridgehead atoms. The number of hydrogen-bond acceptors (Lipinski definition) is 5. The number of phenolic OH excluding ortho intramolecular Hbond substituents is 1. The van der Waals surface area contributed by atoms with Crippen LogP contribution in [0.5, 0.6) is 11.5 Å². The summed E-state index contributed by atoms with van der Waals surface area (Å²) in [5, 5.41) is 11.6. The molecule has 38 heavy (non-hydrogen) atoms. The molecule has 1 saturated heterocycles. The van der Waals surface area contributed by atoms with Crippen molar-refractivity contribution in [1.29, 1.82) is 0 Å². The van der Waals surface area contributed by atoms with Crippen LogP contribution in [-0.4, -0.2) is 18.1 Å². The van der Waals surface area contributed by atoms with E-state index in [2.05, 4.69) is 0 Å². The lowest BCUT2D eigenvalue weighted by Gasteiger charge is -2.24. The van der Waals surface area contributed by atoms with Crippen LogP contribution in [0.2, 0.25) is 15.1 Å². The highest BCUT2D eigenvalue weighted by Gasteiger charge is 2.32. The second kappa shape index (κ2) is 13.1. The maximum Gasteiger partial charge on any atom is 0.368 e. The molecule has 2 atom stereocenters. The predicted molar refractivity (Wildman–Crippen MR) is 154 cm³/mol. The van der Waals surface area contributed by atoms with Gasteiger partial charge in [-0.05, 0) is 71.3 Å². The lowest BCUT2D eigenvalue weighted by atomic mass is 9.96. The lowest BCUT2D eigenvalue weighted by Crippen LogP contribution is -2.10. The number of halogens is 3. The second-order valence-electron chi connectivity index (χ2n) is 9.81. The molecule has 4 rings (SSSR count). The molecular formula is C29H32Cl3O5P. The molecule has 3 aromatic carbocycles. The minimum Gasteiger partial charge on any atom is -0.508 e. The van der Waals surface area contributed by atoms with Crippen LogP contribution in [0.3, 0.4) is 0 Å². The Labute approximate surface area is 239 Å². The van der Waals surface area contributed by atoms with Crippen LogP contribution in [-0.2, 0) is 20.0 Å². The first kappa shape index (κ1) is 29.3. The Kier molecular flexibility index (Phi) is 10.1. The molecule has 3 aromatic rings. The van der Waals surface area contributed by atoms with Crippen LogP contribution >= 0.6 is 42.4 Å². The molecule has 204 valence electrons. The standard InChI is InChI=1S/C29H32Cl3O5P/c1-19(2)24-13-20(10-11-28(24)33)14-25-26(31)16-23(17-27(25)32)35-18-38(34)36-12-5-3-4-9-29(37-38)21-7-6-8-22(30)15-21/h6-8,10-11,13,15-17,19,29,33H,3-5,9,12,14,18H2,1-2H3/t29-,38?/m0/s1. The van der Waals surface area contributed by atoms with Gasteiger partial charge in [0.05, 0.1) is 12.7 Å². The molecule has 1 aliphatic rings. The van der Waals surface area contributed by atoms with Crippen LogP contribution in [0.4, 0.5) is 0 Å². The van der Waals surface area contributed by atoms with E-state index in [1.807, 2.05) is 44.2 Å². The minimum atomic E-state index is -3.61. The Morgan fingerprint density at radius 1 is 1.03 bits per heavy atom. The average Bonchev–Trinajstić information content (AvgIpc) is 2.96. The van der Waals surface area contributed by atoms with Crippen molar-refractivity contribution < 1.29 is 23.5 Å². The van der Waals surface area contributed by atoms with E-state index in [1.165, 1.54) is 0 Å². The fourth-order valence-corrected chi connectivity index (χ4v) is 6.78. The number of hydrogen-bond donors (Lipinski definition) is 1. The monoisotopic (exact) mass is 596 g/mol. The van der Waals surface area contributed by atoms with Gasteiger partial charge in [0.15, 0.2) is 6.35 Å². The number of rotatable bonds is 7. The number of phenols is 1. The van der Waals surface area contributed by atoms with Crippen LogP contribution < -0.4 is 4.74 Å². The highest BCUT2D eigenvalue weighted by atomic mass is 35.5. The van der Waals surface area contributed by atoms with Gasteiger partial charge in [0.2, 0.25) is 0 Å². The molecular weight excluding hydrogens is 566 g/mol. The van der Waals surface area contributed by atoms with Crippen molar-refractivity contribution in [3.05, 3.63) is 91.9 Å². The Morgan fingerprint density at radius 2 is 1.79 bits per heavy atom. The van der Waals surface area contributed by atoms with E-state index in [0.29, 0.717) is 40.3 Å². The van der Waals surface area contributed by atoms with Gasteiger partial charge in [0.25, 0.3) is 0 Å². The van der Waals surface area contributed by atoms with Crippen molar-refractivity contribution in [3.8, 4) is 11.5 Å². The molecule has 1 heterocycles. The quantitative estimate of drug-likeness (QED) is 0.275. The van der Waals surface area contributed by atoms with E-state index in [1.54, 1.807) is 24.3 Å². The third kappa shape index (κ3) is 7.69. The molecule has 1 N–H and O–H groups in total. The summed E-state index contributed by atoms with van der Waals surface area (Å²) >= 11 is 19.4. The first-order valence-electron chi connectivity index (χ1n) is 12.7. The second-order valence-corrected chi connectivity index (χ2v) is 13.0. The number of aromatic hydroxyl groups is 1. The molecule has 0 spiro atoms. The molecule has 9 heteroatoms. The van der Waals surface area contributed by atoms with E-state index >= 15 is 0 Å². The number of ether oxygens (including phenoxy) is 1. The first-order chi connectivity index (χ1) is 18.1. The highest BCUT2D eigenvalue weighted by Crippen LogP contribution is 2.54. The molecule has 0 aromatic heterocycles. The lowest BCUT2D eigenvalue weighted by molar-refractivity contribution is 0.135. The van der Waals surface area contributed by atoms with Crippen LogP contribution in [0.15, 0.2) is 54.6 Å². The van der Waals surface area contributed by atoms with Crippen LogP contribution in [0.1, 0.15) is 73.8 Å². The van der Waals surface area contributed by atoms with Crippen molar-refractivity contribution in [2.24, 2.45) is 0 Å². The molecule has 1 unspecified atom stereocenters. The van der Waals surface area contributed by atoms with E-state index in [9.17, 15) is 9.67 Å². The SMILES string of the molecule is CC(C)c1cc(Cc2c(Cl)cc(OCP3(=O)OCCCCC[C@@H](c4cccc(Cl)c4)O3)cc2Cl)ccc1O. The summed E-state index contributed by atoms with van der Waals surface area (Å²) in [6.07, 6.45) is 3.17. The Morgan fingerprint density at radius 3 is 2.50 bits per heavy atom. The summed E-state index contributed by atoms with van der Waals surface area (Å²) < 4.78 is 31.4. The molecule has 0 saturated carbocycles. The number of benzene rings is 3. The molecule has 0 aliphatic carbocycles. The van der Waals surface area contributed by atoms with Crippen molar-refractivity contribution in [3.63, 3.8) is 0 Å². The smallest absolute Gasteiger partial charge is 0.368 e. The highest BCUT2D eigenvalue weighted by molar-refractivity contribution is 7.53. The topological polar surface area (TPSA) is 65.0 Å². The summed E-state index contributed by atoms with van der Waals surface area (Å²) in [5.41, 5.74) is 3.44. The van der Waals surface area contributed by atoms with Gasteiger partial charge >= 0.3 is 7.60 Å². The summed E-state index contributed by atoms with van der Waals surface area (Å²) in [5.74, 6) is 0.824. The fraction of sp³-hybridized carbons (Fsp3) is 0.379. The largest absolute Gasteiger partial charge is 0.508 e. The van der Waals surface area contributed by atoms with Gasteiger partial charge in [0.1, 0.15) is 11.5 Å². The van der Waals surface area contributed by atoms with Gasteiger partial charge < -0.3 is 14.4 Å². The van der Waals surface area contributed by atoms with Gasteiger partial charge in [-0.3, -0.25) is 9.09 Å². The van der Waals surface area contributed by atoms with E-state index in [0.717, 1.165) is 41.5 Å². The van der Waals surface area contributed by atoms with Crippen molar-refractivity contribution in [2.45, 2.75) is 58.0 Å². The van der Waals surface area contributed by atoms with Crippen molar-refractivity contribution >= 4 is 42.4 Å². The van der Waals surface area contributed by atoms with Crippen LogP contribution in [0.25, 0.3) is 0 Å². The fourth-order valence-electron chi connectivity index (χ4n) is 4.46. The summed E-state index contributed by atoms with van der Waals surface area (Å²) in [7, 11) is -3.61. The molecule has 1 fully saturated rings. The zero-order chi connectivity index (χ0) is 27.3. The summed E-state index contributed by atoms with van der Waals surface area (Å²) in [6.45, 7) is 4.38. The predicted octanol–water partition coefficient (Wildman–Crippen LogP) is 9.94. The third-order valence-electron chi connectivity index (χ3n) is 6.51. The summed E-state index contributed by atoms with van der Waals surface area (Å²) in [4.78, 5) is 0. The Balaban J connectivity index is 1.50. The Bertz CT molecular complexity index is 1290. The van der Waals surface area contributed by atoms with E-state index in [4.69, 9.17) is 48.6 Å². The zero-order valence-corrected chi connectivity index (χ0v) is 24.6. The summed E-state index contributed by atoms with van der Waals surface area (Å²) in [6, 6.07) is 16.2.